The Balaban J connectivity index is 1.96. The van der Waals surface area contributed by atoms with Crippen LogP contribution in [0.2, 0.25) is 0 Å². The van der Waals surface area contributed by atoms with E-state index in [-0.39, 0.29) is 11.8 Å². The van der Waals surface area contributed by atoms with E-state index in [1.807, 2.05) is 0 Å². The monoisotopic (exact) mass is 298 g/mol. The predicted molar refractivity (Wildman–Crippen MR) is 74.6 cm³/mol. The number of nitrogens with one attached hydrogen (secondary N) is 1. The predicted octanol–water partition coefficient (Wildman–Crippen LogP) is 1.00. The second kappa shape index (κ2) is 4.72. The molecule has 1 atom stereocenters. The first-order valence-corrected chi connectivity index (χ1v) is 8.47. The first kappa shape index (κ1) is 12.8. The maximum Gasteiger partial charge on any atom is 0.251 e. The normalized spacial score (nSPS) is 21.8. The van der Waals surface area contributed by atoms with Crippen molar-refractivity contribution in [3.63, 3.8) is 0 Å². The molecule has 7 heteroatoms. The van der Waals surface area contributed by atoms with Gasteiger partial charge in [-0.2, -0.15) is 0 Å². The highest BCUT2D eigenvalue weighted by Gasteiger charge is 2.32. The second-order valence-corrected chi connectivity index (χ2v) is 7.56. The van der Waals surface area contributed by atoms with E-state index in [1.165, 1.54) is 11.3 Å². The zero-order valence-electron chi connectivity index (χ0n) is 10.2. The van der Waals surface area contributed by atoms with Gasteiger partial charge in [0, 0.05) is 27.3 Å². The fraction of sp³-hybridized carbons (Fsp3) is 0.500. The fourth-order valence-corrected chi connectivity index (χ4v) is 4.96. The van der Waals surface area contributed by atoms with E-state index in [1.54, 1.807) is 0 Å². The van der Waals surface area contributed by atoms with Gasteiger partial charge in [0.15, 0.2) is 0 Å². The summed E-state index contributed by atoms with van der Waals surface area (Å²) in [6.45, 7) is 0. The summed E-state index contributed by atoms with van der Waals surface area (Å²) in [6, 6.07) is 0. The first-order valence-electron chi connectivity index (χ1n) is 6.16. The largest absolute Gasteiger partial charge is 0.365 e. The highest BCUT2D eigenvalue weighted by atomic mass is 32.2. The minimum atomic E-state index is -0.873. The minimum Gasteiger partial charge on any atom is -0.365 e. The van der Waals surface area contributed by atoms with Crippen molar-refractivity contribution in [2.75, 3.05) is 11.1 Å². The number of anilines is 1. The molecule has 0 saturated heterocycles. The molecule has 5 nitrogen and oxygen atoms in total. The van der Waals surface area contributed by atoms with Crippen LogP contribution in [0, 0.1) is 5.92 Å². The molecule has 1 unspecified atom stereocenters. The Morgan fingerprint density at radius 3 is 2.74 bits per heavy atom. The molecule has 2 amide bonds. The molecule has 3 rings (SSSR count). The van der Waals surface area contributed by atoms with Crippen molar-refractivity contribution in [3.8, 4) is 0 Å². The van der Waals surface area contributed by atoms with Crippen molar-refractivity contribution in [3.05, 3.63) is 16.0 Å². The van der Waals surface area contributed by atoms with Gasteiger partial charge in [-0.15, -0.1) is 11.3 Å². The average molecular weight is 298 g/mol. The molecule has 19 heavy (non-hydrogen) atoms. The number of primary amides is 1. The van der Waals surface area contributed by atoms with Gasteiger partial charge in [-0.1, -0.05) is 0 Å². The number of nitrogens with two attached hydrogens (primary N) is 1. The summed E-state index contributed by atoms with van der Waals surface area (Å²) in [5.41, 5.74) is 6.73. The number of hydrogen-bond acceptors (Lipinski definition) is 4. The number of rotatable bonds is 3. The van der Waals surface area contributed by atoms with Gasteiger partial charge in [0.1, 0.15) is 5.00 Å². The quantitative estimate of drug-likeness (QED) is 0.872. The molecule has 0 bridgehead atoms. The summed E-state index contributed by atoms with van der Waals surface area (Å²) in [6.07, 6.45) is 2.41. The topological polar surface area (TPSA) is 89.3 Å². The van der Waals surface area contributed by atoms with Gasteiger partial charge in [0.25, 0.3) is 5.91 Å². The van der Waals surface area contributed by atoms with Crippen molar-refractivity contribution >= 4 is 39.0 Å². The molecular formula is C12H14N2O3S2. The molecule has 0 aromatic carbocycles. The third-order valence-electron chi connectivity index (χ3n) is 3.39. The van der Waals surface area contributed by atoms with E-state index in [0.29, 0.717) is 28.5 Å². The molecule has 1 fully saturated rings. The van der Waals surface area contributed by atoms with E-state index in [0.717, 1.165) is 23.3 Å². The molecule has 0 spiro atoms. The first-order chi connectivity index (χ1) is 9.06. The zero-order valence-corrected chi connectivity index (χ0v) is 11.9. The molecule has 0 radical (unpaired) electrons. The summed E-state index contributed by atoms with van der Waals surface area (Å²) in [7, 11) is -0.873. The second-order valence-electron chi connectivity index (χ2n) is 4.87. The molecule has 1 aromatic heterocycles. The number of fused-ring (bicyclic) bond motifs is 1. The molecule has 102 valence electrons. The molecule has 2 aliphatic rings. The SMILES string of the molecule is NC(=O)c1c(NC(=O)C2CC2)sc2c1CCS(=O)C2. The highest BCUT2D eigenvalue weighted by Crippen LogP contribution is 2.38. The van der Waals surface area contributed by atoms with Gasteiger partial charge in [0.2, 0.25) is 5.91 Å². The van der Waals surface area contributed by atoms with Gasteiger partial charge in [-0.25, -0.2) is 0 Å². The lowest BCUT2D eigenvalue weighted by atomic mass is 10.1. The molecule has 1 aromatic rings. The number of amides is 2. The summed E-state index contributed by atoms with van der Waals surface area (Å²) < 4.78 is 11.6. The summed E-state index contributed by atoms with van der Waals surface area (Å²) >= 11 is 1.34. The highest BCUT2D eigenvalue weighted by molar-refractivity contribution is 7.84. The lowest BCUT2D eigenvalue weighted by molar-refractivity contribution is -0.117. The summed E-state index contributed by atoms with van der Waals surface area (Å²) in [5, 5.41) is 3.34. The van der Waals surface area contributed by atoms with Crippen LogP contribution in [0.15, 0.2) is 0 Å². The number of carbonyl (C=O) groups excluding carboxylic acids is 2. The molecule has 3 N–H and O–H groups in total. The molecule has 1 aliphatic carbocycles. The van der Waals surface area contributed by atoms with Crippen LogP contribution in [-0.4, -0.2) is 21.8 Å². The third-order valence-corrected chi connectivity index (χ3v) is 5.99. The van der Waals surface area contributed by atoms with Gasteiger partial charge >= 0.3 is 0 Å². The number of thiophene rings is 1. The van der Waals surface area contributed by atoms with E-state index in [4.69, 9.17) is 5.73 Å². The lowest BCUT2D eigenvalue weighted by Crippen LogP contribution is -2.20. The van der Waals surface area contributed by atoms with Crippen LogP contribution >= 0.6 is 11.3 Å². The summed E-state index contributed by atoms with van der Waals surface area (Å²) in [5.74, 6) is 0.534. The smallest absolute Gasteiger partial charge is 0.251 e. The standard InChI is InChI=1S/C12H14N2O3S2/c13-10(15)9-7-3-4-19(17)5-8(7)18-12(9)14-11(16)6-1-2-6/h6H,1-5H2,(H2,13,15)(H,14,16). The maximum absolute atomic E-state index is 11.8. The van der Waals surface area contributed by atoms with E-state index >= 15 is 0 Å². The number of hydrogen-bond donors (Lipinski definition) is 2. The Hall–Kier alpha value is -1.21. The van der Waals surface area contributed by atoms with Crippen LogP contribution in [0.3, 0.4) is 0 Å². The Morgan fingerprint density at radius 1 is 1.37 bits per heavy atom. The molecular weight excluding hydrogens is 284 g/mol. The fourth-order valence-electron chi connectivity index (χ4n) is 2.24. The van der Waals surface area contributed by atoms with Gasteiger partial charge in [-0.05, 0) is 24.8 Å². The van der Waals surface area contributed by atoms with Gasteiger partial charge < -0.3 is 11.1 Å². The van der Waals surface area contributed by atoms with E-state index < -0.39 is 16.7 Å². The summed E-state index contributed by atoms with van der Waals surface area (Å²) in [4.78, 5) is 24.3. The van der Waals surface area contributed by atoms with Crippen molar-refractivity contribution in [1.29, 1.82) is 0 Å². The Kier molecular flexibility index (Phi) is 3.18. The molecule has 1 saturated carbocycles. The Bertz CT molecular complexity index is 590. The van der Waals surface area contributed by atoms with Crippen LogP contribution in [0.1, 0.15) is 33.6 Å². The van der Waals surface area contributed by atoms with Crippen LogP contribution in [0.4, 0.5) is 5.00 Å². The Morgan fingerprint density at radius 2 is 2.11 bits per heavy atom. The average Bonchev–Trinajstić information content (AvgIpc) is 3.11. The van der Waals surface area contributed by atoms with Crippen LogP contribution in [-0.2, 0) is 27.8 Å². The molecule has 1 aliphatic heterocycles. The number of carbonyl (C=O) groups is 2. The van der Waals surface area contributed by atoms with E-state index in [2.05, 4.69) is 5.32 Å². The Labute approximate surface area is 117 Å². The minimum absolute atomic E-state index is 0.0396. The third kappa shape index (κ3) is 2.44. The van der Waals surface area contributed by atoms with Gasteiger partial charge in [0.05, 0.1) is 11.3 Å². The maximum atomic E-state index is 11.8. The van der Waals surface area contributed by atoms with Crippen LogP contribution in [0.25, 0.3) is 0 Å². The van der Waals surface area contributed by atoms with Crippen molar-refractivity contribution < 1.29 is 13.8 Å². The van der Waals surface area contributed by atoms with Crippen LogP contribution < -0.4 is 11.1 Å². The van der Waals surface area contributed by atoms with Gasteiger partial charge in [-0.3, -0.25) is 13.8 Å². The zero-order chi connectivity index (χ0) is 13.6. The van der Waals surface area contributed by atoms with Crippen molar-refractivity contribution in [1.82, 2.24) is 0 Å². The van der Waals surface area contributed by atoms with Crippen LogP contribution in [0.5, 0.6) is 0 Å². The molecule has 2 heterocycles. The van der Waals surface area contributed by atoms with E-state index in [9.17, 15) is 13.8 Å². The van der Waals surface area contributed by atoms with Crippen molar-refractivity contribution in [2.24, 2.45) is 11.7 Å². The van der Waals surface area contributed by atoms with Crippen molar-refractivity contribution in [2.45, 2.75) is 25.0 Å². The lowest BCUT2D eigenvalue weighted by Gasteiger charge is -2.11.